The van der Waals surface area contributed by atoms with Gasteiger partial charge in [0.1, 0.15) is 11.8 Å². The first-order valence-corrected chi connectivity index (χ1v) is 17.8. The van der Waals surface area contributed by atoms with Gasteiger partial charge < -0.3 is 20.6 Å². The molecule has 3 aliphatic heterocycles. The van der Waals surface area contributed by atoms with Crippen molar-refractivity contribution < 1.29 is 14.7 Å². The zero-order valence-electron chi connectivity index (χ0n) is 27.4. The van der Waals surface area contributed by atoms with Crippen LogP contribution in [0.4, 0.5) is 11.5 Å². The number of halogens is 1. The Balaban J connectivity index is 0.879. The Morgan fingerprint density at radius 2 is 1.67 bits per heavy atom. The predicted octanol–water partition coefficient (Wildman–Crippen LogP) is 5.48. The number of nitrogens with one attached hydrogen (secondary N) is 1. The number of carbonyl (C=O) groups excluding carboxylic acids is 2. The molecule has 8 rings (SSSR count). The molecule has 49 heavy (non-hydrogen) atoms. The van der Waals surface area contributed by atoms with E-state index >= 15 is 0 Å². The fourth-order valence-corrected chi connectivity index (χ4v) is 8.78. The van der Waals surface area contributed by atoms with Crippen molar-refractivity contribution >= 4 is 34.9 Å². The molecule has 0 bridgehead atoms. The van der Waals surface area contributed by atoms with Crippen LogP contribution in [-0.4, -0.2) is 73.5 Å². The number of rotatable bonds is 6. The number of fused-ring (bicyclic) bond motifs is 1. The topological polar surface area (TPSA) is 142 Å². The molecular formula is C37H41ClN8O3. The van der Waals surface area contributed by atoms with E-state index in [1.54, 1.807) is 18.2 Å². The summed E-state index contributed by atoms with van der Waals surface area (Å²) in [6.45, 7) is 2.93. The molecule has 1 saturated carbocycles. The molecule has 3 fully saturated rings. The average molecular weight is 681 g/mol. The lowest BCUT2D eigenvalue weighted by atomic mass is 9.79. The van der Waals surface area contributed by atoms with E-state index in [-0.39, 0.29) is 28.6 Å². The van der Waals surface area contributed by atoms with E-state index in [0.717, 1.165) is 50.0 Å². The maximum atomic E-state index is 12.6. The Labute approximate surface area is 290 Å². The zero-order chi connectivity index (χ0) is 33.6. The number of aromatic hydroxyl groups is 1. The summed E-state index contributed by atoms with van der Waals surface area (Å²) in [6, 6.07) is 14.2. The number of phenols is 1. The van der Waals surface area contributed by atoms with Gasteiger partial charge in [-0.2, -0.15) is 5.10 Å². The Morgan fingerprint density at radius 3 is 2.47 bits per heavy atom. The number of nitrogen functional groups attached to an aromatic ring is 1. The van der Waals surface area contributed by atoms with Crippen molar-refractivity contribution in [3.8, 4) is 28.1 Å². The highest BCUT2D eigenvalue weighted by atomic mass is 35.5. The van der Waals surface area contributed by atoms with Crippen LogP contribution in [0.5, 0.6) is 5.75 Å². The fourth-order valence-electron chi connectivity index (χ4n) is 8.60. The molecule has 4 aliphatic rings. The van der Waals surface area contributed by atoms with Gasteiger partial charge in [-0.25, -0.2) is 0 Å². The highest BCUT2D eigenvalue weighted by Gasteiger charge is 2.37. The van der Waals surface area contributed by atoms with Gasteiger partial charge in [-0.1, -0.05) is 29.8 Å². The number of nitrogens with two attached hydrogens (primary N) is 1. The highest BCUT2D eigenvalue weighted by molar-refractivity contribution is 6.32. The summed E-state index contributed by atoms with van der Waals surface area (Å²) in [4.78, 5) is 29.2. The smallest absolute Gasteiger partial charge is 0.249 e. The second-order valence-corrected chi connectivity index (χ2v) is 14.3. The van der Waals surface area contributed by atoms with E-state index in [0.29, 0.717) is 47.9 Å². The molecule has 0 spiro atoms. The van der Waals surface area contributed by atoms with Crippen LogP contribution in [0.3, 0.4) is 0 Å². The molecule has 1 atom stereocenters. The van der Waals surface area contributed by atoms with Gasteiger partial charge in [0, 0.05) is 60.7 Å². The first-order valence-electron chi connectivity index (χ1n) is 17.5. The lowest BCUT2D eigenvalue weighted by Gasteiger charge is -2.41. The van der Waals surface area contributed by atoms with Gasteiger partial charge in [0.2, 0.25) is 11.8 Å². The molecule has 5 heterocycles. The SMILES string of the molecule is Nc1nnc(-c2cccc(Cl)c2O)cc1-c1cnn(C2CCN([C@H]3CC[C@@H](c4cccc5c4CCN5[C@@H]4CCC(=O)NC4=O)CC3)CC2)c1. The first-order chi connectivity index (χ1) is 23.8. The molecule has 4 aromatic rings. The number of hydrogen-bond donors (Lipinski definition) is 3. The van der Waals surface area contributed by atoms with Crippen molar-refractivity contribution in [1.82, 2.24) is 30.2 Å². The van der Waals surface area contributed by atoms with Crippen LogP contribution < -0.4 is 16.0 Å². The van der Waals surface area contributed by atoms with Gasteiger partial charge in [-0.05, 0) is 92.7 Å². The second kappa shape index (κ2) is 13.1. The number of phenolic OH excluding ortho intramolecular Hbond substituents is 1. The van der Waals surface area contributed by atoms with Gasteiger partial charge >= 0.3 is 0 Å². The molecule has 2 amide bonds. The molecule has 2 aromatic carbocycles. The van der Waals surface area contributed by atoms with Crippen molar-refractivity contribution in [1.29, 1.82) is 0 Å². The molecule has 0 radical (unpaired) electrons. The van der Waals surface area contributed by atoms with Crippen molar-refractivity contribution in [3.05, 3.63) is 71.0 Å². The number of likely N-dealkylation sites (tertiary alicyclic amines) is 1. The normalized spacial score (nSPS) is 23.4. The molecular weight excluding hydrogens is 640 g/mol. The number of piperidine rings is 2. The van der Waals surface area contributed by atoms with E-state index in [4.69, 9.17) is 22.4 Å². The molecule has 1 aliphatic carbocycles. The summed E-state index contributed by atoms with van der Waals surface area (Å²) in [6.07, 6.45) is 12.6. The van der Waals surface area contributed by atoms with Crippen LogP contribution >= 0.6 is 11.6 Å². The highest BCUT2D eigenvalue weighted by Crippen LogP contribution is 2.43. The second-order valence-electron chi connectivity index (χ2n) is 13.9. The Hall–Kier alpha value is -4.48. The first kappa shape index (κ1) is 31.8. The number of carbonyl (C=O) groups is 2. The molecule has 0 unspecified atom stereocenters. The van der Waals surface area contributed by atoms with Crippen molar-refractivity contribution in [2.24, 2.45) is 0 Å². The van der Waals surface area contributed by atoms with Crippen molar-refractivity contribution in [2.45, 2.75) is 81.8 Å². The Morgan fingerprint density at radius 1 is 0.878 bits per heavy atom. The molecule has 2 aromatic heterocycles. The minimum absolute atomic E-state index is 0.0351. The van der Waals surface area contributed by atoms with Crippen LogP contribution in [0, 0.1) is 0 Å². The standard InChI is InChI=1S/C37H41ClN8O3/c38-30-5-1-4-28(35(30)48)31-19-29(36(39)43-42-31)23-20-40-46(21-23)25-13-16-44(17-14-25)24-9-7-22(8-10-24)26-3-2-6-32-27(26)15-18-45(32)33-11-12-34(47)41-37(33)49/h1-6,19-22,24-25,33,48H,7-18H2,(H2,39,43)(H,41,47,49)/t22-,24+,33-/m1/s1. The molecule has 12 heteroatoms. The summed E-state index contributed by atoms with van der Waals surface area (Å²) < 4.78 is 2.06. The van der Waals surface area contributed by atoms with Crippen LogP contribution in [0.15, 0.2) is 54.9 Å². The van der Waals surface area contributed by atoms with E-state index in [1.807, 2.05) is 18.5 Å². The lowest BCUT2D eigenvalue weighted by molar-refractivity contribution is -0.134. The van der Waals surface area contributed by atoms with Gasteiger partial charge in [0.05, 0.1) is 23.0 Å². The van der Waals surface area contributed by atoms with Crippen LogP contribution in [0.1, 0.15) is 74.5 Å². The number of anilines is 2. The van der Waals surface area contributed by atoms with E-state index in [1.165, 1.54) is 42.5 Å². The number of imide groups is 1. The van der Waals surface area contributed by atoms with Gasteiger partial charge in [-0.15, -0.1) is 10.2 Å². The summed E-state index contributed by atoms with van der Waals surface area (Å²) in [5.41, 5.74) is 12.9. The van der Waals surface area contributed by atoms with Gasteiger partial charge in [0.15, 0.2) is 5.82 Å². The third-order valence-corrected chi connectivity index (χ3v) is 11.5. The number of hydrogen-bond acceptors (Lipinski definition) is 9. The number of para-hydroxylation sites is 1. The lowest BCUT2D eigenvalue weighted by Crippen LogP contribution is -2.52. The minimum Gasteiger partial charge on any atom is -0.506 e. The van der Waals surface area contributed by atoms with Gasteiger partial charge in [0.25, 0.3) is 0 Å². The van der Waals surface area contributed by atoms with E-state index < -0.39 is 0 Å². The van der Waals surface area contributed by atoms with Crippen molar-refractivity contribution in [2.75, 3.05) is 30.3 Å². The van der Waals surface area contributed by atoms with E-state index in [9.17, 15) is 14.7 Å². The third-order valence-electron chi connectivity index (χ3n) is 11.2. The minimum atomic E-state index is -0.255. The molecule has 2 saturated heterocycles. The van der Waals surface area contributed by atoms with E-state index in [2.05, 4.69) is 48.2 Å². The molecule has 11 nitrogen and oxygen atoms in total. The van der Waals surface area contributed by atoms with Gasteiger partial charge in [-0.3, -0.25) is 19.6 Å². The number of amides is 2. The fraction of sp³-hybridized carbons (Fsp3) is 0.432. The third kappa shape index (κ3) is 6.03. The van der Waals surface area contributed by atoms with Crippen molar-refractivity contribution in [3.63, 3.8) is 0 Å². The Kier molecular flexibility index (Phi) is 8.49. The number of nitrogens with zero attached hydrogens (tertiary/aromatic N) is 6. The van der Waals surface area contributed by atoms with Crippen LogP contribution in [0.2, 0.25) is 5.02 Å². The summed E-state index contributed by atoms with van der Waals surface area (Å²) in [5, 5.41) is 26.3. The Bertz CT molecular complexity index is 1900. The zero-order valence-corrected chi connectivity index (χ0v) is 28.1. The number of benzene rings is 2. The number of aromatic nitrogens is 4. The maximum absolute atomic E-state index is 12.6. The largest absolute Gasteiger partial charge is 0.506 e. The average Bonchev–Trinajstić information content (AvgIpc) is 3.78. The molecule has 254 valence electrons. The predicted molar refractivity (Wildman–Crippen MR) is 188 cm³/mol. The quantitative estimate of drug-likeness (QED) is 0.226. The summed E-state index contributed by atoms with van der Waals surface area (Å²) in [7, 11) is 0. The monoisotopic (exact) mass is 680 g/mol. The van der Waals surface area contributed by atoms with Crippen LogP contribution in [0.25, 0.3) is 22.4 Å². The molecule has 4 N–H and O–H groups in total. The summed E-state index contributed by atoms with van der Waals surface area (Å²) in [5.74, 6) is 0.497. The summed E-state index contributed by atoms with van der Waals surface area (Å²) >= 11 is 6.13. The maximum Gasteiger partial charge on any atom is 0.249 e. The van der Waals surface area contributed by atoms with Crippen LogP contribution in [-0.2, 0) is 16.0 Å².